The first-order valence-corrected chi connectivity index (χ1v) is 11.7. The molecule has 33 heavy (non-hydrogen) atoms. The summed E-state index contributed by atoms with van der Waals surface area (Å²) in [5.74, 6) is 0.581. The number of ether oxygens (including phenoxy) is 2. The van der Waals surface area contributed by atoms with Crippen molar-refractivity contribution >= 4 is 34.8 Å². The number of nitrogens with zero attached hydrogens (tertiary/aromatic N) is 2. The van der Waals surface area contributed by atoms with Crippen LogP contribution in [0.15, 0.2) is 65.0 Å². The van der Waals surface area contributed by atoms with E-state index < -0.39 is 12.0 Å². The number of imidazole rings is 1. The Balaban J connectivity index is 1.70. The minimum absolute atomic E-state index is 0.234. The van der Waals surface area contributed by atoms with Gasteiger partial charge in [0.05, 0.1) is 36.4 Å². The van der Waals surface area contributed by atoms with Crippen LogP contribution < -0.4 is 15.4 Å². The van der Waals surface area contributed by atoms with Gasteiger partial charge in [-0.3, -0.25) is 0 Å². The van der Waals surface area contributed by atoms with E-state index in [1.54, 1.807) is 26.2 Å². The van der Waals surface area contributed by atoms with E-state index in [9.17, 15) is 9.59 Å². The molecule has 1 atom stereocenters. The second kappa shape index (κ2) is 9.99. The van der Waals surface area contributed by atoms with E-state index in [0.717, 1.165) is 28.3 Å². The molecular weight excluding hydrogens is 440 g/mol. The lowest BCUT2D eigenvalue weighted by atomic mass is 9.95. The van der Waals surface area contributed by atoms with Crippen LogP contribution in [0.4, 0.5) is 4.79 Å². The second-order valence-corrected chi connectivity index (χ2v) is 8.28. The summed E-state index contributed by atoms with van der Waals surface area (Å²) in [5.41, 5.74) is 3.61. The molecule has 2 aromatic carbocycles. The normalized spacial score (nSPS) is 15.8. The molecule has 2 N–H and O–H groups in total. The van der Waals surface area contributed by atoms with E-state index >= 15 is 0 Å². The molecule has 8 nitrogen and oxygen atoms in total. The third-order valence-electron chi connectivity index (χ3n) is 5.38. The number of nitrogens with one attached hydrogen (secondary N) is 2. The number of amides is 2. The first kappa shape index (κ1) is 22.7. The summed E-state index contributed by atoms with van der Waals surface area (Å²) in [6.07, 6.45) is 0. The number of esters is 1. The maximum Gasteiger partial charge on any atom is 0.338 e. The van der Waals surface area contributed by atoms with E-state index in [2.05, 4.69) is 22.1 Å². The standard InChI is InChI=1S/C24H26N4O4S/c1-4-28-19-9-7-6-8-17(19)26-24(28)33-14-18-20(22(29)32-5-2)21(27-23(30)25-18)15-10-12-16(31-3)13-11-15/h6-13,21H,4-5,14H2,1-3H3,(H2,25,27,30). The molecule has 1 aromatic heterocycles. The van der Waals surface area contributed by atoms with Crippen LogP contribution in [0.2, 0.25) is 0 Å². The lowest BCUT2D eigenvalue weighted by Crippen LogP contribution is -2.46. The van der Waals surface area contributed by atoms with Crippen molar-refractivity contribution in [3.63, 3.8) is 0 Å². The van der Waals surface area contributed by atoms with E-state index in [1.807, 2.05) is 36.4 Å². The number of thioether (sulfide) groups is 1. The summed E-state index contributed by atoms with van der Waals surface area (Å²) >= 11 is 1.47. The number of aryl methyl sites for hydroxylation is 1. The van der Waals surface area contributed by atoms with Crippen LogP contribution in [0.3, 0.4) is 0 Å². The molecule has 0 bridgehead atoms. The summed E-state index contributed by atoms with van der Waals surface area (Å²) in [4.78, 5) is 30.2. The number of urea groups is 1. The van der Waals surface area contributed by atoms with Crippen molar-refractivity contribution in [3.05, 3.63) is 65.4 Å². The Morgan fingerprint density at radius 2 is 1.91 bits per heavy atom. The van der Waals surface area contributed by atoms with Gasteiger partial charge in [0.15, 0.2) is 5.16 Å². The molecule has 1 aliphatic heterocycles. The van der Waals surface area contributed by atoms with Crippen LogP contribution in [-0.2, 0) is 16.1 Å². The molecule has 0 fully saturated rings. The highest BCUT2D eigenvalue weighted by molar-refractivity contribution is 7.99. The van der Waals surface area contributed by atoms with Gasteiger partial charge in [-0.05, 0) is 43.7 Å². The highest BCUT2D eigenvalue weighted by Gasteiger charge is 2.34. The molecule has 0 radical (unpaired) electrons. The van der Waals surface area contributed by atoms with Gasteiger partial charge in [-0.2, -0.15) is 0 Å². The van der Waals surface area contributed by atoms with Crippen molar-refractivity contribution in [1.82, 2.24) is 20.2 Å². The van der Waals surface area contributed by atoms with Crippen LogP contribution in [0.25, 0.3) is 11.0 Å². The average molecular weight is 467 g/mol. The number of methoxy groups -OCH3 is 1. The third-order valence-corrected chi connectivity index (χ3v) is 6.38. The van der Waals surface area contributed by atoms with Gasteiger partial charge in [0.2, 0.25) is 0 Å². The van der Waals surface area contributed by atoms with E-state index in [0.29, 0.717) is 22.8 Å². The van der Waals surface area contributed by atoms with Crippen molar-refractivity contribution in [2.24, 2.45) is 0 Å². The lowest BCUT2D eigenvalue weighted by molar-refractivity contribution is -0.139. The smallest absolute Gasteiger partial charge is 0.338 e. The first-order valence-electron chi connectivity index (χ1n) is 10.7. The monoisotopic (exact) mass is 466 g/mol. The fourth-order valence-electron chi connectivity index (χ4n) is 3.83. The second-order valence-electron chi connectivity index (χ2n) is 7.33. The van der Waals surface area contributed by atoms with Gasteiger partial charge in [0, 0.05) is 18.0 Å². The van der Waals surface area contributed by atoms with Crippen molar-refractivity contribution in [3.8, 4) is 5.75 Å². The Morgan fingerprint density at radius 1 is 1.15 bits per heavy atom. The molecule has 0 saturated heterocycles. The highest BCUT2D eigenvalue weighted by atomic mass is 32.2. The number of carbonyl (C=O) groups excluding carboxylic acids is 2. The Morgan fingerprint density at radius 3 is 2.61 bits per heavy atom. The average Bonchev–Trinajstić information content (AvgIpc) is 3.20. The molecule has 9 heteroatoms. The number of fused-ring (bicyclic) bond motifs is 1. The maximum atomic E-state index is 13.0. The van der Waals surface area contributed by atoms with E-state index in [-0.39, 0.29) is 12.6 Å². The molecule has 4 rings (SSSR count). The number of para-hydroxylation sites is 2. The largest absolute Gasteiger partial charge is 0.497 e. The Labute approximate surface area is 196 Å². The van der Waals surface area contributed by atoms with Crippen molar-refractivity contribution < 1.29 is 19.1 Å². The number of aromatic nitrogens is 2. The Hall–Kier alpha value is -3.46. The highest BCUT2D eigenvalue weighted by Crippen LogP contribution is 2.32. The van der Waals surface area contributed by atoms with Gasteiger partial charge >= 0.3 is 12.0 Å². The summed E-state index contributed by atoms with van der Waals surface area (Å²) < 4.78 is 12.7. The van der Waals surface area contributed by atoms with Crippen LogP contribution >= 0.6 is 11.8 Å². The maximum absolute atomic E-state index is 13.0. The quantitative estimate of drug-likeness (QED) is 0.385. The fourth-order valence-corrected chi connectivity index (χ4v) is 4.88. The fraction of sp³-hybridized carbons (Fsp3) is 0.292. The summed E-state index contributed by atoms with van der Waals surface area (Å²) in [6, 6.07) is 14.2. The lowest BCUT2D eigenvalue weighted by Gasteiger charge is -2.29. The van der Waals surface area contributed by atoms with Gasteiger partial charge in [0.1, 0.15) is 5.75 Å². The molecule has 3 aromatic rings. The molecule has 0 spiro atoms. The predicted octanol–water partition coefficient (Wildman–Crippen LogP) is 4.03. The predicted molar refractivity (Wildman–Crippen MR) is 127 cm³/mol. The van der Waals surface area contributed by atoms with Gasteiger partial charge in [-0.25, -0.2) is 14.6 Å². The minimum Gasteiger partial charge on any atom is -0.497 e. The van der Waals surface area contributed by atoms with Crippen LogP contribution in [0.1, 0.15) is 25.5 Å². The molecule has 2 amide bonds. The van der Waals surface area contributed by atoms with Gasteiger partial charge < -0.3 is 24.7 Å². The van der Waals surface area contributed by atoms with Crippen molar-refractivity contribution in [2.45, 2.75) is 31.6 Å². The molecule has 1 aliphatic rings. The minimum atomic E-state index is -0.635. The number of benzene rings is 2. The number of hydrogen-bond donors (Lipinski definition) is 2. The summed E-state index contributed by atoms with van der Waals surface area (Å²) in [5, 5.41) is 6.49. The van der Waals surface area contributed by atoms with Gasteiger partial charge in [-0.1, -0.05) is 36.0 Å². The number of rotatable bonds is 8. The van der Waals surface area contributed by atoms with Crippen LogP contribution in [0.5, 0.6) is 5.75 Å². The molecule has 2 heterocycles. The summed E-state index contributed by atoms with van der Waals surface area (Å²) in [6.45, 7) is 4.81. The van der Waals surface area contributed by atoms with Crippen molar-refractivity contribution in [1.29, 1.82) is 0 Å². The third kappa shape index (κ3) is 4.68. The van der Waals surface area contributed by atoms with Crippen molar-refractivity contribution in [2.75, 3.05) is 19.5 Å². The van der Waals surface area contributed by atoms with Gasteiger partial charge in [-0.15, -0.1) is 0 Å². The van der Waals surface area contributed by atoms with Gasteiger partial charge in [0.25, 0.3) is 0 Å². The Bertz CT molecular complexity index is 1200. The topological polar surface area (TPSA) is 94.5 Å². The molecule has 1 unspecified atom stereocenters. The molecule has 0 aliphatic carbocycles. The van der Waals surface area contributed by atoms with E-state index in [1.165, 1.54) is 11.8 Å². The SMILES string of the molecule is CCOC(=O)C1=C(CSc2nc3ccccc3n2CC)NC(=O)NC1c1ccc(OC)cc1. The number of hydrogen-bond acceptors (Lipinski definition) is 6. The number of carbonyl (C=O) groups is 2. The van der Waals surface area contributed by atoms with Crippen LogP contribution in [-0.4, -0.2) is 41.0 Å². The zero-order chi connectivity index (χ0) is 23.4. The zero-order valence-corrected chi connectivity index (χ0v) is 19.6. The summed E-state index contributed by atoms with van der Waals surface area (Å²) in [7, 11) is 1.59. The first-order chi connectivity index (χ1) is 16.0. The molecular formula is C24H26N4O4S. The van der Waals surface area contributed by atoms with Crippen LogP contribution in [0, 0.1) is 0 Å². The molecule has 172 valence electrons. The van der Waals surface area contributed by atoms with E-state index in [4.69, 9.17) is 14.5 Å². The molecule has 0 saturated carbocycles. The zero-order valence-electron chi connectivity index (χ0n) is 18.8. The Kier molecular flexibility index (Phi) is 6.88.